The maximum Gasteiger partial charge on any atom is 0.344 e. The summed E-state index contributed by atoms with van der Waals surface area (Å²) in [5.41, 5.74) is 1.89. The van der Waals surface area contributed by atoms with Crippen LogP contribution in [0.4, 0.5) is 5.69 Å². The Morgan fingerprint density at radius 1 is 1.00 bits per heavy atom. The lowest BCUT2D eigenvalue weighted by molar-refractivity contribution is 0.0733. The van der Waals surface area contributed by atoms with E-state index < -0.39 is 5.97 Å². The van der Waals surface area contributed by atoms with Crippen LogP contribution in [0, 0.1) is 0 Å². The molecule has 2 rings (SSSR count). The summed E-state index contributed by atoms with van der Waals surface area (Å²) in [5.74, 6) is 1.38. The Morgan fingerprint density at radius 3 is 2.30 bits per heavy atom. The molecule has 146 valence electrons. The molecule has 0 heterocycles. The summed E-state index contributed by atoms with van der Waals surface area (Å²) < 4.78 is 22.1. The lowest BCUT2D eigenvalue weighted by atomic mass is 9.99. The number of anilines is 1. The monoisotopic (exact) mass is 373 g/mol. The first kappa shape index (κ1) is 20.4. The fourth-order valence-electron chi connectivity index (χ4n) is 2.92. The van der Waals surface area contributed by atoms with Crippen molar-refractivity contribution in [1.82, 2.24) is 0 Å². The van der Waals surface area contributed by atoms with Gasteiger partial charge < -0.3 is 24.3 Å². The molecule has 6 nitrogen and oxygen atoms in total. The Kier molecular flexibility index (Phi) is 7.34. The van der Waals surface area contributed by atoms with Gasteiger partial charge in [-0.1, -0.05) is 25.5 Å². The van der Waals surface area contributed by atoms with Crippen molar-refractivity contribution in [3.8, 4) is 23.0 Å². The van der Waals surface area contributed by atoms with Crippen molar-refractivity contribution in [2.45, 2.75) is 26.2 Å². The lowest BCUT2D eigenvalue weighted by Crippen LogP contribution is -2.14. The number of rotatable bonds is 9. The summed E-state index contributed by atoms with van der Waals surface area (Å²) in [6.07, 6.45) is 2.55. The number of benzene rings is 2. The van der Waals surface area contributed by atoms with Gasteiger partial charge in [-0.2, -0.15) is 0 Å². The van der Waals surface area contributed by atoms with Gasteiger partial charge in [0.05, 0.1) is 32.6 Å². The third-order valence-electron chi connectivity index (χ3n) is 4.29. The number of carbonyl (C=O) groups excluding carboxylic acids is 1. The average Bonchev–Trinajstić information content (AvgIpc) is 2.71. The van der Waals surface area contributed by atoms with Crippen molar-refractivity contribution in [3.63, 3.8) is 0 Å². The number of carbonyl (C=O) groups is 1. The first-order chi connectivity index (χ1) is 13.1. The number of ether oxygens (including phenoxy) is 4. The molecule has 27 heavy (non-hydrogen) atoms. The third-order valence-corrected chi connectivity index (χ3v) is 4.29. The molecule has 0 spiro atoms. The Bertz CT molecular complexity index is 788. The molecule has 0 saturated heterocycles. The van der Waals surface area contributed by atoms with Crippen LogP contribution >= 0.6 is 0 Å². The zero-order valence-corrected chi connectivity index (χ0v) is 16.5. The normalized spacial score (nSPS) is 10.3. The van der Waals surface area contributed by atoms with E-state index in [1.54, 1.807) is 33.4 Å². The first-order valence-electron chi connectivity index (χ1n) is 8.91. The Hall–Kier alpha value is -2.89. The second kappa shape index (κ2) is 9.71. The van der Waals surface area contributed by atoms with Crippen LogP contribution in [-0.4, -0.2) is 34.3 Å². The molecule has 0 radical (unpaired) electrons. The summed E-state index contributed by atoms with van der Waals surface area (Å²) >= 11 is 0. The van der Waals surface area contributed by atoms with Gasteiger partial charge >= 0.3 is 5.97 Å². The summed E-state index contributed by atoms with van der Waals surface area (Å²) in [5, 5.41) is 3.02. The molecule has 0 unspecified atom stereocenters. The van der Waals surface area contributed by atoms with Gasteiger partial charge in [-0.15, -0.1) is 0 Å². The molecule has 2 aromatic carbocycles. The molecule has 0 fully saturated rings. The molecule has 0 amide bonds. The largest absolute Gasteiger partial charge is 0.493 e. The molecule has 0 aliphatic carbocycles. The molecule has 0 saturated carbocycles. The van der Waals surface area contributed by atoms with Gasteiger partial charge in [0.1, 0.15) is 0 Å². The quantitative estimate of drug-likeness (QED) is 0.522. The van der Waals surface area contributed by atoms with E-state index in [1.165, 1.54) is 7.11 Å². The van der Waals surface area contributed by atoms with Crippen LogP contribution in [0.25, 0.3) is 0 Å². The number of hydrogen-bond acceptors (Lipinski definition) is 6. The van der Waals surface area contributed by atoms with Crippen molar-refractivity contribution in [1.29, 1.82) is 0 Å². The van der Waals surface area contributed by atoms with E-state index in [1.807, 2.05) is 18.2 Å². The van der Waals surface area contributed by atoms with Crippen LogP contribution in [0.2, 0.25) is 0 Å². The van der Waals surface area contributed by atoms with Gasteiger partial charge in [0.15, 0.2) is 17.2 Å². The van der Waals surface area contributed by atoms with Gasteiger partial charge in [0.25, 0.3) is 0 Å². The van der Waals surface area contributed by atoms with Crippen molar-refractivity contribution in [2.24, 2.45) is 0 Å². The van der Waals surface area contributed by atoms with Gasteiger partial charge in [0.2, 0.25) is 5.75 Å². The number of unbranched alkanes of at least 4 members (excludes halogenated alkanes) is 1. The Labute approximate surface area is 160 Å². The summed E-state index contributed by atoms with van der Waals surface area (Å²) in [7, 11) is 6.40. The number of esters is 1. The highest BCUT2D eigenvalue weighted by molar-refractivity contribution is 5.95. The molecule has 2 aromatic rings. The number of para-hydroxylation sites is 2. The van der Waals surface area contributed by atoms with Crippen molar-refractivity contribution < 1.29 is 23.7 Å². The molecule has 1 N–H and O–H groups in total. The summed E-state index contributed by atoms with van der Waals surface area (Å²) in [4.78, 5) is 13.0. The lowest BCUT2D eigenvalue weighted by Gasteiger charge is -2.19. The van der Waals surface area contributed by atoms with Gasteiger partial charge in [-0.3, -0.25) is 0 Å². The second-order valence-corrected chi connectivity index (χ2v) is 5.91. The van der Waals surface area contributed by atoms with E-state index in [9.17, 15) is 4.79 Å². The van der Waals surface area contributed by atoms with Gasteiger partial charge in [-0.05, 0) is 31.0 Å². The topological polar surface area (TPSA) is 66.0 Å². The maximum atomic E-state index is 13.0. The molecule has 0 aliphatic rings. The highest BCUT2D eigenvalue weighted by Crippen LogP contribution is 2.43. The Balaban J connectivity index is 2.53. The standard InChI is InChI=1S/C21H27NO5/c1-6-7-10-14-15(13-18(24-3)20(26-5)19(14)25-4)21(23)27-17-12-9-8-11-16(17)22-2/h8-9,11-13,22H,6-7,10H2,1-5H3. The van der Waals surface area contributed by atoms with Gasteiger partial charge in [-0.25, -0.2) is 4.79 Å². The number of methoxy groups -OCH3 is 3. The smallest absolute Gasteiger partial charge is 0.344 e. The fraction of sp³-hybridized carbons (Fsp3) is 0.381. The zero-order chi connectivity index (χ0) is 19.8. The second-order valence-electron chi connectivity index (χ2n) is 5.91. The van der Waals surface area contributed by atoms with E-state index in [4.69, 9.17) is 18.9 Å². The molecule has 6 heteroatoms. The highest BCUT2D eigenvalue weighted by Gasteiger charge is 2.25. The predicted molar refractivity (Wildman–Crippen MR) is 106 cm³/mol. The third kappa shape index (κ3) is 4.45. The summed E-state index contributed by atoms with van der Waals surface area (Å²) in [6, 6.07) is 8.92. The van der Waals surface area contributed by atoms with Crippen LogP contribution in [0.1, 0.15) is 35.7 Å². The Morgan fingerprint density at radius 2 is 1.70 bits per heavy atom. The van der Waals surface area contributed by atoms with Crippen molar-refractivity contribution in [3.05, 3.63) is 41.5 Å². The molecule has 0 aliphatic heterocycles. The highest BCUT2D eigenvalue weighted by atomic mass is 16.5. The average molecular weight is 373 g/mol. The minimum absolute atomic E-state index is 0.406. The SMILES string of the molecule is CCCCc1c(C(=O)Oc2ccccc2NC)cc(OC)c(OC)c1OC. The van der Waals surface area contributed by atoms with E-state index in [0.29, 0.717) is 35.0 Å². The van der Waals surface area contributed by atoms with Crippen LogP contribution in [0.5, 0.6) is 23.0 Å². The maximum absolute atomic E-state index is 13.0. The van der Waals surface area contributed by atoms with Crippen LogP contribution in [0.15, 0.2) is 30.3 Å². The van der Waals surface area contributed by atoms with Crippen molar-refractivity contribution >= 4 is 11.7 Å². The minimum atomic E-state index is -0.469. The zero-order valence-electron chi connectivity index (χ0n) is 16.5. The molecular formula is C21H27NO5. The van der Waals surface area contributed by atoms with E-state index >= 15 is 0 Å². The molecule has 0 aromatic heterocycles. The van der Waals surface area contributed by atoms with Crippen LogP contribution < -0.4 is 24.3 Å². The number of nitrogens with one attached hydrogen (secondary N) is 1. The predicted octanol–water partition coefficient (Wildman–Crippen LogP) is 4.32. The summed E-state index contributed by atoms with van der Waals surface area (Å²) in [6.45, 7) is 2.09. The first-order valence-corrected chi connectivity index (χ1v) is 8.91. The minimum Gasteiger partial charge on any atom is -0.493 e. The molecule has 0 bridgehead atoms. The van der Waals surface area contributed by atoms with Gasteiger partial charge in [0, 0.05) is 12.6 Å². The number of hydrogen-bond donors (Lipinski definition) is 1. The van der Waals surface area contributed by atoms with E-state index in [0.717, 1.165) is 24.1 Å². The van der Waals surface area contributed by atoms with Crippen molar-refractivity contribution in [2.75, 3.05) is 33.7 Å². The van der Waals surface area contributed by atoms with Crippen LogP contribution in [-0.2, 0) is 6.42 Å². The molecular weight excluding hydrogens is 346 g/mol. The fourth-order valence-corrected chi connectivity index (χ4v) is 2.92. The molecule has 0 atom stereocenters. The van der Waals surface area contributed by atoms with E-state index in [-0.39, 0.29) is 0 Å². The van der Waals surface area contributed by atoms with E-state index in [2.05, 4.69) is 12.2 Å². The van der Waals surface area contributed by atoms with Crippen LogP contribution in [0.3, 0.4) is 0 Å².